The van der Waals surface area contributed by atoms with Gasteiger partial charge in [0.05, 0.1) is 45.7 Å². The molecule has 260 valence electrons. The number of rotatable bonds is 18. The summed E-state index contributed by atoms with van der Waals surface area (Å²) in [6.07, 6.45) is 4.38. The summed E-state index contributed by atoms with van der Waals surface area (Å²) in [6.45, 7) is 9.29. The summed E-state index contributed by atoms with van der Waals surface area (Å²) in [6, 6.07) is 4.44. The fourth-order valence-corrected chi connectivity index (χ4v) is 5.24. The normalized spacial score (nSPS) is 17.2. The lowest BCUT2D eigenvalue weighted by Gasteiger charge is -2.27. The van der Waals surface area contributed by atoms with E-state index >= 15 is 0 Å². The van der Waals surface area contributed by atoms with E-state index in [-0.39, 0.29) is 55.6 Å². The average Bonchev–Trinajstić information content (AvgIpc) is 3.34. The molecule has 1 aromatic rings. The molecule has 1 aromatic carbocycles. The number of carbonyl (C=O) groups is 5. The van der Waals surface area contributed by atoms with Gasteiger partial charge in [-0.25, -0.2) is 4.79 Å². The molecule has 0 bridgehead atoms. The number of hydrogen-bond donors (Lipinski definition) is 2. The third kappa shape index (κ3) is 12.8. The Kier molecular flexibility index (Phi) is 15.5. The predicted molar refractivity (Wildman–Crippen MR) is 175 cm³/mol. The lowest BCUT2D eigenvalue weighted by atomic mass is 9.97. The van der Waals surface area contributed by atoms with Gasteiger partial charge in [0.25, 0.3) is 5.91 Å². The zero-order valence-electron chi connectivity index (χ0n) is 27.9. The number of amides is 3. The maximum absolute atomic E-state index is 13.3. The fraction of sp³-hybridized carbons (Fsp3) is 0.618. The van der Waals surface area contributed by atoms with E-state index in [0.717, 1.165) is 0 Å². The first kappa shape index (κ1) is 37.8. The van der Waals surface area contributed by atoms with Crippen molar-refractivity contribution < 1.29 is 42.9 Å². The highest BCUT2D eigenvalue weighted by atomic mass is 16.6. The highest BCUT2D eigenvalue weighted by Gasteiger charge is 2.37. The summed E-state index contributed by atoms with van der Waals surface area (Å²) in [7, 11) is 0. The van der Waals surface area contributed by atoms with Gasteiger partial charge in [-0.1, -0.05) is 12.1 Å². The third-order valence-electron chi connectivity index (χ3n) is 7.55. The molecule has 0 fully saturated rings. The van der Waals surface area contributed by atoms with Gasteiger partial charge >= 0.3 is 6.09 Å². The van der Waals surface area contributed by atoms with E-state index in [1.54, 1.807) is 49.9 Å². The smallest absolute Gasteiger partial charge is 0.410 e. The number of nitrogens with two attached hydrogens (primary N) is 1. The number of Topliss-reactive ketones (excluding diaryl/α,β-unsaturated/α-hetero) is 1. The first-order valence-electron chi connectivity index (χ1n) is 16.4. The first-order valence-corrected chi connectivity index (χ1v) is 16.4. The Morgan fingerprint density at radius 2 is 1.68 bits per heavy atom. The second-order valence-corrected chi connectivity index (χ2v) is 12.5. The van der Waals surface area contributed by atoms with Crippen LogP contribution in [0.2, 0.25) is 0 Å². The summed E-state index contributed by atoms with van der Waals surface area (Å²) in [4.78, 5) is 66.8. The Bertz CT molecular complexity index is 1260. The molecule has 3 N–H and O–H groups in total. The summed E-state index contributed by atoms with van der Waals surface area (Å²) in [5.41, 5.74) is 6.34. The van der Waals surface area contributed by atoms with Crippen molar-refractivity contribution in [2.45, 2.75) is 77.5 Å². The van der Waals surface area contributed by atoms with Crippen LogP contribution < -0.4 is 11.1 Å². The summed E-state index contributed by atoms with van der Waals surface area (Å²) in [5, 5.41) is 2.92. The number of allylic oxidation sites excluding steroid dienone is 2. The van der Waals surface area contributed by atoms with E-state index in [1.165, 1.54) is 11.0 Å². The molecular formula is C34H50N4O9. The van der Waals surface area contributed by atoms with E-state index in [0.29, 0.717) is 88.9 Å². The number of unbranched alkanes of at least 4 members (excludes halogenated alkanes) is 1. The number of hydrogen-bond acceptors (Lipinski definition) is 10. The second kappa shape index (κ2) is 19.2. The number of benzene rings is 1. The van der Waals surface area contributed by atoms with Crippen molar-refractivity contribution in [3.05, 3.63) is 41.5 Å². The minimum Gasteiger partial charge on any atom is -0.444 e. The van der Waals surface area contributed by atoms with Gasteiger partial charge in [-0.2, -0.15) is 0 Å². The molecule has 0 saturated heterocycles. The van der Waals surface area contributed by atoms with Crippen LogP contribution in [0.4, 0.5) is 10.5 Å². The number of ether oxygens (including phenoxy) is 4. The van der Waals surface area contributed by atoms with Crippen LogP contribution in [-0.2, 0) is 39.9 Å². The molecule has 2 aliphatic rings. The summed E-state index contributed by atoms with van der Waals surface area (Å²) >= 11 is 0. The maximum Gasteiger partial charge on any atom is 0.410 e. The van der Waals surface area contributed by atoms with E-state index in [9.17, 15) is 24.0 Å². The van der Waals surface area contributed by atoms with E-state index in [1.807, 2.05) is 0 Å². The van der Waals surface area contributed by atoms with Crippen LogP contribution in [0.15, 0.2) is 30.4 Å². The molecule has 0 spiro atoms. The Hall–Kier alpha value is -3.65. The molecule has 0 radical (unpaired) electrons. The van der Waals surface area contributed by atoms with Crippen molar-refractivity contribution in [3.8, 4) is 0 Å². The molecule has 13 heteroatoms. The van der Waals surface area contributed by atoms with Gasteiger partial charge in [0.1, 0.15) is 5.60 Å². The van der Waals surface area contributed by atoms with Crippen molar-refractivity contribution in [2.75, 3.05) is 64.6 Å². The minimum atomic E-state index is -0.689. The Morgan fingerprint density at radius 1 is 0.979 bits per heavy atom. The van der Waals surface area contributed by atoms with Crippen LogP contribution in [0.5, 0.6) is 0 Å². The molecule has 1 unspecified atom stereocenters. The topological polar surface area (TPSA) is 167 Å². The number of fused-ring (bicyclic) bond motifs is 1. The van der Waals surface area contributed by atoms with Gasteiger partial charge < -0.3 is 39.8 Å². The first-order chi connectivity index (χ1) is 22.5. The van der Waals surface area contributed by atoms with Gasteiger partial charge in [-0.05, 0) is 58.2 Å². The minimum absolute atomic E-state index is 0.0654. The van der Waals surface area contributed by atoms with E-state index < -0.39 is 17.7 Å². The quantitative estimate of drug-likeness (QED) is 0.224. The number of carbonyl (C=O) groups excluding carboxylic acids is 5. The molecule has 1 heterocycles. The lowest BCUT2D eigenvalue weighted by molar-refractivity contribution is -0.123. The number of ketones is 2. The van der Waals surface area contributed by atoms with Crippen molar-refractivity contribution >= 4 is 35.2 Å². The predicted octanol–water partition coefficient (Wildman–Crippen LogP) is 3.24. The Morgan fingerprint density at radius 3 is 2.38 bits per heavy atom. The van der Waals surface area contributed by atoms with Gasteiger partial charge in [0.2, 0.25) is 5.91 Å². The number of nitrogens with one attached hydrogen (secondary N) is 1. The standard InChI is InChI=1S/C34H50N4O9/c1-34(2,3)47-33(43)37(17-19-45-21-23-46-22-20-44-18-15-35)16-5-4-12-31(41)36-28-10-7-9-26-27(28)24-38(32(26)42)29-14-13-25(39)8-6-11-30(29)40/h6-10,29H,4-5,11-24,35H2,1-3H3,(H,36,41)/b8-6+. The van der Waals surface area contributed by atoms with Crippen LogP contribution in [0.25, 0.3) is 0 Å². The Labute approximate surface area is 277 Å². The molecule has 47 heavy (non-hydrogen) atoms. The van der Waals surface area contributed by atoms with Crippen molar-refractivity contribution in [3.63, 3.8) is 0 Å². The average molecular weight is 659 g/mol. The number of anilines is 1. The molecule has 0 aromatic heterocycles. The summed E-state index contributed by atoms with van der Waals surface area (Å²) < 4.78 is 21.9. The van der Waals surface area contributed by atoms with Crippen molar-refractivity contribution in [1.29, 1.82) is 0 Å². The zero-order chi connectivity index (χ0) is 34.2. The van der Waals surface area contributed by atoms with Gasteiger partial charge in [-0.3, -0.25) is 19.2 Å². The van der Waals surface area contributed by atoms with Crippen molar-refractivity contribution in [1.82, 2.24) is 9.80 Å². The number of nitrogens with zero attached hydrogens (tertiary/aromatic N) is 2. The SMILES string of the molecule is CC(C)(C)OC(=O)N(CCCCC(=O)Nc1cccc2c1CN(C1CCC(=O)/C=C/CC1=O)C2=O)CCOCCOCCOCCN. The molecule has 13 nitrogen and oxygen atoms in total. The second-order valence-electron chi connectivity index (χ2n) is 12.5. The zero-order valence-corrected chi connectivity index (χ0v) is 27.9. The van der Waals surface area contributed by atoms with Crippen LogP contribution >= 0.6 is 0 Å². The highest BCUT2D eigenvalue weighted by Crippen LogP contribution is 2.32. The van der Waals surface area contributed by atoms with Crippen LogP contribution in [0, 0.1) is 0 Å². The molecule has 1 atom stereocenters. The maximum atomic E-state index is 13.3. The molecule has 1 aliphatic heterocycles. The van der Waals surface area contributed by atoms with Crippen LogP contribution in [0.1, 0.15) is 75.2 Å². The monoisotopic (exact) mass is 658 g/mol. The van der Waals surface area contributed by atoms with Crippen molar-refractivity contribution in [2.24, 2.45) is 5.73 Å². The highest BCUT2D eigenvalue weighted by molar-refractivity contribution is 6.04. The van der Waals surface area contributed by atoms with E-state index in [4.69, 9.17) is 24.7 Å². The molecule has 3 amide bonds. The third-order valence-corrected chi connectivity index (χ3v) is 7.55. The lowest BCUT2D eigenvalue weighted by Crippen LogP contribution is -2.42. The summed E-state index contributed by atoms with van der Waals surface area (Å²) in [5.74, 6) is -0.674. The van der Waals surface area contributed by atoms with Crippen LogP contribution in [-0.4, -0.2) is 110 Å². The molecule has 3 rings (SSSR count). The van der Waals surface area contributed by atoms with Gasteiger partial charge in [0, 0.05) is 62.3 Å². The van der Waals surface area contributed by atoms with Gasteiger partial charge in [-0.15, -0.1) is 0 Å². The van der Waals surface area contributed by atoms with Gasteiger partial charge in [0.15, 0.2) is 11.6 Å². The fourth-order valence-electron chi connectivity index (χ4n) is 5.24. The van der Waals surface area contributed by atoms with Crippen LogP contribution in [0.3, 0.4) is 0 Å². The molecular weight excluding hydrogens is 608 g/mol. The Balaban J connectivity index is 1.46. The molecule has 1 aliphatic carbocycles. The van der Waals surface area contributed by atoms with E-state index in [2.05, 4.69) is 5.32 Å². The molecule has 0 saturated carbocycles. The largest absolute Gasteiger partial charge is 0.444 e.